The fraction of sp³-hybridized carbons (Fsp3) is 0.500. The van der Waals surface area contributed by atoms with E-state index in [0.29, 0.717) is 6.04 Å². The van der Waals surface area contributed by atoms with Gasteiger partial charge in [0.15, 0.2) is 0 Å². The predicted octanol–water partition coefficient (Wildman–Crippen LogP) is 2.88. The van der Waals surface area contributed by atoms with Crippen LogP contribution < -0.4 is 5.32 Å². The van der Waals surface area contributed by atoms with Gasteiger partial charge in [-0.15, -0.1) is 0 Å². The minimum absolute atomic E-state index is 0.629. The lowest BCUT2D eigenvalue weighted by molar-refractivity contribution is 0.456. The van der Waals surface area contributed by atoms with Crippen LogP contribution in [0.25, 0.3) is 0 Å². The Morgan fingerprint density at radius 1 is 1.28 bits per heavy atom. The van der Waals surface area contributed by atoms with Gasteiger partial charge >= 0.3 is 0 Å². The molecule has 1 aliphatic rings. The van der Waals surface area contributed by atoms with Crippen LogP contribution in [0.2, 0.25) is 0 Å². The molecule has 1 fully saturated rings. The Hall–Kier alpha value is -1.55. The van der Waals surface area contributed by atoms with Crippen LogP contribution in [0.1, 0.15) is 43.2 Å². The van der Waals surface area contributed by atoms with Crippen LogP contribution >= 0.6 is 0 Å². The van der Waals surface area contributed by atoms with Gasteiger partial charge in [0, 0.05) is 12.7 Å². The van der Waals surface area contributed by atoms with Crippen molar-refractivity contribution in [1.29, 1.82) is 0 Å². The van der Waals surface area contributed by atoms with E-state index in [9.17, 15) is 0 Å². The van der Waals surface area contributed by atoms with Crippen molar-refractivity contribution in [3.63, 3.8) is 0 Å². The van der Waals surface area contributed by atoms with Gasteiger partial charge in [-0.1, -0.05) is 12.8 Å². The standard InChI is InChI=1S/C14H19N3O/c1-2-5-13(4-1)17-8-7-12(16-17)10-15-11-14-6-3-9-18-14/h3,6-9,13,15H,1-2,4-5,10-11H2. The Morgan fingerprint density at radius 3 is 2.94 bits per heavy atom. The second-order valence-corrected chi connectivity index (χ2v) is 4.91. The van der Waals surface area contributed by atoms with E-state index in [4.69, 9.17) is 4.42 Å². The van der Waals surface area contributed by atoms with Gasteiger partial charge in [-0.3, -0.25) is 4.68 Å². The molecule has 3 rings (SSSR count). The maximum atomic E-state index is 5.27. The first kappa shape index (κ1) is 11.5. The van der Waals surface area contributed by atoms with Gasteiger partial charge in [0.25, 0.3) is 0 Å². The minimum Gasteiger partial charge on any atom is -0.468 e. The smallest absolute Gasteiger partial charge is 0.117 e. The Morgan fingerprint density at radius 2 is 2.17 bits per heavy atom. The Balaban J connectivity index is 1.50. The first-order valence-electron chi connectivity index (χ1n) is 6.69. The highest BCUT2D eigenvalue weighted by Crippen LogP contribution is 2.28. The van der Waals surface area contributed by atoms with Crippen LogP contribution in [0.4, 0.5) is 0 Å². The second-order valence-electron chi connectivity index (χ2n) is 4.91. The van der Waals surface area contributed by atoms with Crippen molar-refractivity contribution >= 4 is 0 Å². The summed E-state index contributed by atoms with van der Waals surface area (Å²) in [6, 6.07) is 6.62. The third kappa shape index (κ3) is 2.64. The maximum absolute atomic E-state index is 5.27. The second kappa shape index (κ2) is 5.40. The van der Waals surface area contributed by atoms with Crippen LogP contribution in [0.15, 0.2) is 35.1 Å². The molecule has 18 heavy (non-hydrogen) atoms. The minimum atomic E-state index is 0.629. The number of furan rings is 1. The number of hydrogen-bond donors (Lipinski definition) is 1. The molecule has 2 heterocycles. The van der Waals surface area contributed by atoms with Crippen molar-refractivity contribution in [2.75, 3.05) is 0 Å². The lowest BCUT2D eigenvalue weighted by atomic mass is 10.3. The molecule has 0 radical (unpaired) electrons. The zero-order chi connectivity index (χ0) is 12.2. The molecular weight excluding hydrogens is 226 g/mol. The van der Waals surface area contributed by atoms with Gasteiger partial charge < -0.3 is 9.73 Å². The molecule has 0 spiro atoms. The van der Waals surface area contributed by atoms with Crippen LogP contribution in [0, 0.1) is 0 Å². The van der Waals surface area contributed by atoms with E-state index in [2.05, 4.69) is 27.4 Å². The summed E-state index contributed by atoms with van der Waals surface area (Å²) < 4.78 is 7.41. The molecule has 4 nitrogen and oxygen atoms in total. The lowest BCUT2D eigenvalue weighted by Gasteiger charge is -2.08. The maximum Gasteiger partial charge on any atom is 0.117 e. The van der Waals surface area contributed by atoms with Crippen molar-refractivity contribution in [3.05, 3.63) is 42.1 Å². The molecule has 4 heteroatoms. The monoisotopic (exact) mass is 245 g/mol. The zero-order valence-electron chi connectivity index (χ0n) is 10.5. The normalized spacial score (nSPS) is 16.4. The fourth-order valence-corrected chi connectivity index (χ4v) is 2.57. The van der Waals surface area contributed by atoms with E-state index < -0.39 is 0 Å². The lowest BCUT2D eigenvalue weighted by Crippen LogP contribution is -2.13. The summed E-state index contributed by atoms with van der Waals surface area (Å²) in [5.41, 5.74) is 1.11. The average Bonchev–Trinajstić information content (AvgIpc) is 3.12. The highest BCUT2D eigenvalue weighted by Gasteiger charge is 2.17. The molecule has 2 aromatic rings. The number of nitrogens with zero attached hydrogens (tertiary/aromatic N) is 2. The quantitative estimate of drug-likeness (QED) is 0.880. The predicted molar refractivity (Wildman–Crippen MR) is 69.0 cm³/mol. The largest absolute Gasteiger partial charge is 0.468 e. The molecule has 1 N–H and O–H groups in total. The van der Waals surface area contributed by atoms with E-state index >= 15 is 0 Å². The van der Waals surface area contributed by atoms with Crippen molar-refractivity contribution < 1.29 is 4.42 Å². The van der Waals surface area contributed by atoms with Gasteiger partial charge in [-0.2, -0.15) is 5.10 Å². The van der Waals surface area contributed by atoms with E-state index in [1.54, 1.807) is 6.26 Å². The van der Waals surface area contributed by atoms with Gasteiger partial charge in [-0.25, -0.2) is 0 Å². The summed E-state index contributed by atoms with van der Waals surface area (Å²) in [5.74, 6) is 0.963. The van der Waals surface area contributed by atoms with Gasteiger partial charge in [0.1, 0.15) is 5.76 Å². The Kier molecular flexibility index (Phi) is 3.46. The molecule has 0 atom stereocenters. The van der Waals surface area contributed by atoms with Gasteiger partial charge in [0.2, 0.25) is 0 Å². The van der Waals surface area contributed by atoms with Gasteiger partial charge in [0.05, 0.1) is 24.5 Å². The van der Waals surface area contributed by atoms with Crippen LogP contribution in [0.5, 0.6) is 0 Å². The highest BCUT2D eigenvalue weighted by molar-refractivity contribution is 5.01. The number of rotatable bonds is 5. The molecular formula is C14H19N3O. The van der Waals surface area contributed by atoms with Crippen LogP contribution in [-0.4, -0.2) is 9.78 Å². The van der Waals surface area contributed by atoms with Crippen LogP contribution in [-0.2, 0) is 13.1 Å². The van der Waals surface area contributed by atoms with Crippen molar-refractivity contribution in [3.8, 4) is 0 Å². The van der Waals surface area contributed by atoms with Gasteiger partial charge in [-0.05, 0) is 31.0 Å². The molecule has 0 amide bonds. The first-order valence-corrected chi connectivity index (χ1v) is 6.69. The first-order chi connectivity index (χ1) is 8.92. The summed E-state index contributed by atoms with van der Waals surface area (Å²) in [7, 11) is 0. The van der Waals surface area contributed by atoms with E-state index in [0.717, 1.165) is 24.5 Å². The summed E-state index contributed by atoms with van der Waals surface area (Å²) >= 11 is 0. The van der Waals surface area contributed by atoms with E-state index in [-0.39, 0.29) is 0 Å². The zero-order valence-corrected chi connectivity index (χ0v) is 10.5. The van der Waals surface area contributed by atoms with E-state index in [1.807, 2.05) is 12.1 Å². The summed E-state index contributed by atoms with van der Waals surface area (Å²) in [4.78, 5) is 0. The molecule has 0 bridgehead atoms. The molecule has 0 unspecified atom stereocenters. The molecule has 0 aliphatic heterocycles. The molecule has 1 aliphatic carbocycles. The van der Waals surface area contributed by atoms with Crippen molar-refractivity contribution in [2.45, 2.75) is 44.8 Å². The van der Waals surface area contributed by atoms with Crippen molar-refractivity contribution in [2.24, 2.45) is 0 Å². The molecule has 0 aromatic carbocycles. The summed E-state index contributed by atoms with van der Waals surface area (Å²) in [5, 5.41) is 7.97. The average molecular weight is 245 g/mol. The fourth-order valence-electron chi connectivity index (χ4n) is 2.57. The molecule has 0 saturated heterocycles. The molecule has 2 aromatic heterocycles. The third-order valence-corrected chi connectivity index (χ3v) is 3.55. The molecule has 96 valence electrons. The Bertz CT molecular complexity index is 469. The SMILES string of the molecule is c1coc(CNCc2ccn(C3CCCC3)n2)c1. The summed E-state index contributed by atoms with van der Waals surface area (Å²) in [6.45, 7) is 1.55. The van der Waals surface area contributed by atoms with Crippen molar-refractivity contribution in [1.82, 2.24) is 15.1 Å². The molecule has 1 saturated carbocycles. The van der Waals surface area contributed by atoms with E-state index in [1.165, 1.54) is 25.7 Å². The van der Waals surface area contributed by atoms with Crippen LogP contribution in [0.3, 0.4) is 0 Å². The topological polar surface area (TPSA) is 43.0 Å². The summed E-state index contributed by atoms with van der Waals surface area (Å²) in [6.07, 6.45) is 9.06. The highest BCUT2D eigenvalue weighted by atomic mass is 16.3. The third-order valence-electron chi connectivity index (χ3n) is 3.55. The number of hydrogen-bond acceptors (Lipinski definition) is 3. The Labute approximate surface area is 107 Å². The number of aromatic nitrogens is 2. The number of nitrogens with one attached hydrogen (secondary N) is 1.